The molecule has 0 unspecified atom stereocenters. The molecule has 0 radical (unpaired) electrons. The van der Waals surface area contributed by atoms with Crippen LogP contribution in [0.4, 0.5) is 0 Å². The largest absolute Gasteiger partial charge is 0.399 e. The van der Waals surface area contributed by atoms with Gasteiger partial charge in [-0.15, -0.1) is 0 Å². The average molecular weight is 137 g/mol. The van der Waals surface area contributed by atoms with Crippen LogP contribution in [-0.4, -0.2) is 0 Å². The maximum Gasteiger partial charge on any atom is 0.0310 e. The van der Waals surface area contributed by atoms with E-state index in [1.54, 1.807) is 0 Å². The molecule has 56 valence electrons. The van der Waals surface area contributed by atoms with Gasteiger partial charge in [-0.1, -0.05) is 25.2 Å². The lowest BCUT2D eigenvalue weighted by atomic mass is 10.3. The summed E-state index contributed by atoms with van der Waals surface area (Å²) in [6, 6.07) is 0. The van der Waals surface area contributed by atoms with Gasteiger partial charge in [0.15, 0.2) is 0 Å². The van der Waals surface area contributed by atoms with E-state index in [-0.39, 0.29) is 0 Å². The zero-order valence-electron chi connectivity index (χ0n) is 6.67. The van der Waals surface area contributed by atoms with Crippen LogP contribution in [0.25, 0.3) is 0 Å². The van der Waals surface area contributed by atoms with Gasteiger partial charge in [0.25, 0.3) is 0 Å². The van der Waals surface area contributed by atoms with E-state index in [1.165, 1.54) is 0 Å². The molecule has 0 heterocycles. The maximum atomic E-state index is 5.57. The Kier molecular flexibility index (Phi) is 5.54. The van der Waals surface area contributed by atoms with E-state index in [0.717, 1.165) is 12.1 Å². The molecule has 0 bridgehead atoms. The number of rotatable bonds is 3. The first-order valence-corrected chi connectivity index (χ1v) is 3.56. The molecule has 1 nitrogen and oxygen atoms in total. The highest BCUT2D eigenvalue weighted by molar-refractivity contribution is 5.19. The Balaban J connectivity index is 3.81. The molecule has 0 amide bonds. The van der Waals surface area contributed by atoms with Gasteiger partial charge in [0.1, 0.15) is 0 Å². The van der Waals surface area contributed by atoms with Gasteiger partial charge < -0.3 is 5.73 Å². The highest BCUT2D eigenvalue weighted by Crippen LogP contribution is 1.89. The Labute approximate surface area is 62.9 Å². The maximum absolute atomic E-state index is 5.57. The van der Waals surface area contributed by atoms with Crippen LogP contribution in [0, 0.1) is 0 Å². The third kappa shape index (κ3) is 5.16. The van der Waals surface area contributed by atoms with Gasteiger partial charge in [-0.05, 0) is 25.5 Å². The van der Waals surface area contributed by atoms with Gasteiger partial charge in [-0.25, -0.2) is 0 Å². The average Bonchev–Trinajstić information content (AvgIpc) is 1.97. The summed E-state index contributed by atoms with van der Waals surface area (Å²) in [5, 5.41) is 0. The molecular formula is C9H15N. The summed E-state index contributed by atoms with van der Waals surface area (Å²) in [5.41, 5.74) is 6.37. The van der Waals surface area contributed by atoms with Crippen LogP contribution in [0.1, 0.15) is 20.3 Å². The Hall–Kier alpha value is -0.980. The minimum atomic E-state index is 0.806. The minimum Gasteiger partial charge on any atom is -0.399 e. The van der Waals surface area contributed by atoms with E-state index < -0.39 is 0 Å². The van der Waals surface area contributed by atoms with E-state index in [1.807, 2.05) is 37.3 Å². The van der Waals surface area contributed by atoms with Crippen molar-refractivity contribution in [2.24, 2.45) is 5.73 Å². The van der Waals surface area contributed by atoms with Crippen molar-refractivity contribution in [2.75, 3.05) is 0 Å². The minimum absolute atomic E-state index is 0.806. The van der Waals surface area contributed by atoms with Gasteiger partial charge in [0.05, 0.1) is 0 Å². The number of hydrogen-bond acceptors (Lipinski definition) is 1. The van der Waals surface area contributed by atoms with Crippen molar-refractivity contribution in [3.8, 4) is 0 Å². The summed E-state index contributed by atoms with van der Waals surface area (Å²) >= 11 is 0. The van der Waals surface area contributed by atoms with Crippen LogP contribution in [-0.2, 0) is 0 Å². The Morgan fingerprint density at radius 3 is 2.70 bits per heavy atom. The molecule has 0 aromatic carbocycles. The van der Waals surface area contributed by atoms with Gasteiger partial charge in [0, 0.05) is 5.70 Å². The Morgan fingerprint density at radius 2 is 2.20 bits per heavy atom. The Bertz CT molecular complexity index is 152. The molecular weight excluding hydrogens is 122 g/mol. The van der Waals surface area contributed by atoms with Crippen molar-refractivity contribution in [1.82, 2.24) is 0 Å². The predicted octanol–water partition coefficient (Wildman–Crippen LogP) is 2.37. The molecule has 0 aliphatic rings. The normalized spacial score (nSPS) is 13.6. The van der Waals surface area contributed by atoms with E-state index >= 15 is 0 Å². The monoisotopic (exact) mass is 137 g/mol. The molecule has 0 saturated heterocycles. The van der Waals surface area contributed by atoms with Gasteiger partial charge in [0.2, 0.25) is 0 Å². The molecule has 0 spiro atoms. The van der Waals surface area contributed by atoms with Crippen molar-refractivity contribution in [1.29, 1.82) is 0 Å². The highest BCUT2D eigenvalue weighted by Gasteiger charge is 1.75. The lowest BCUT2D eigenvalue weighted by molar-refractivity contribution is 1.21. The molecule has 0 aromatic heterocycles. The smallest absolute Gasteiger partial charge is 0.0310 e. The van der Waals surface area contributed by atoms with E-state index in [0.29, 0.717) is 0 Å². The van der Waals surface area contributed by atoms with Crippen molar-refractivity contribution in [3.63, 3.8) is 0 Å². The number of allylic oxidation sites excluding steroid dienone is 5. The third-order valence-corrected chi connectivity index (χ3v) is 1.03. The quantitative estimate of drug-likeness (QED) is 0.594. The lowest BCUT2D eigenvalue weighted by Gasteiger charge is -1.86. The van der Waals surface area contributed by atoms with Crippen molar-refractivity contribution in [3.05, 3.63) is 36.1 Å². The fourth-order valence-electron chi connectivity index (χ4n) is 0.517. The van der Waals surface area contributed by atoms with Crippen LogP contribution in [0.3, 0.4) is 0 Å². The van der Waals surface area contributed by atoms with Gasteiger partial charge in [-0.3, -0.25) is 0 Å². The summed E-state index contributed by atoms with van der Waals surface area (Å²) in [5.74, 6) is 0. The van der Waals surface area contributed by atoms with Crippen molar-refractivity contribution in [2.45, 2.75) is 20.3 Å². The molecule has 0 aromatic rings. The molecule has 1 heteroatoms. The van der Waals surface area contributed by atoms with E-state index in [2.05, 4.69) is 6.92 Å². The molecule has 10 heavy (non-hydrogen) atoms. The molecule has 0 atom stereocenters. The number of nitrogens with two attached hydrogens (primary N) is 1. The van der Waals surface area contributed by atoms with Crippen LogP contribution < -0.4 is 5.73 Å². The summed E-state index contributed by atoms with van der Waals surface area (Å²) in [7, 11) is 0. The second-order valence-electron chi connectivity index (χ2n) is 2.00. The van der Waals surface area contributed by atoms with Crippen LogP contribution >= 0.6 is 0 Å². The first kappa shape index (κ1) is 9.02. The topological polar surface area (TPSA) is 26.0 Å². The first-order chi connectivity index (χ1) is 4.81. The van der Waals surface area contributed by atoms with Crippen molar-refractivity contribution >= 4 is 0 Å². The predicted molar refractivity (Wildman–Crippen MR) is 46.5 cm³/mol. The zero-order valence-corrected chi connectivity index (χ0v) is 6.67. The van der Waals surface area contributed by atoms with Crippen LogP contribution in [0.5, 0.6) is 0 Å². The third-order valence-electron chi connectivity index (χ3n) is 1.03. The molecule has 0 aliphatic heterocycles. The van der Waals surface area contributed by atoms with E-state index in [9.17, 15) is 0 Å². The van der Waals surface area contributed by atoms with Gasteiger partial charge in [-0.2, -0.15) is 0 Å². The fourth-order valence-corrected chi connectivity index (χ4v) is 0.517. The second kappa shape index (κ2) is 6.14. The lowest BCUT2D eigenvalue weighted by Crippen LogP contribution is -1.90. The Morgan fingerprint density at radius 1 is 1.50 bits per heavy atom. The summed E-state index contributed by atoms with van der Waals surface area (Å²) in [6.07, 6.45) is 10.7. The van der Waals surface area contributed by atoms with E-state index in [4.69, 9.17) is 5.73 Å². The van der Waals surface area contributed by atoms with Crippen molar-refractivity contribution < 1.29 is 0 Å². The highest BCUT2D eigenvalue weighted by atomic mass is 14.5. The van der Waals surface area contributed by atoms with Crippen LogP contribution in [0.2, 0.25) is 0 Å². The molecule has 0 fully saturated rings. The SMILES string of the molecule is C\C=C/C=C(N)\C=C/CC. The second-order valence-corrected chi connectivity index (χ2v) is 2.00. The van der Waals surface area contributed by atoms with Gasteiger partial charge >= 0.3 is 0 Å². The molecule has 0 saturated carbocycles. The summed E-state index contributed by atoms with van der Waals surface area (Å²) < 4.78 is 0. The molecule has 0 aliphatic carbocycles. The summed E-state index contributed by atoms with van der Waals surface area (Å²) in [6.45, 7) is 4.05. The first-order valence-electron chi connectivity index (χ1n) is 3.56. The van der Waals surface area contributed by atoms with Crippen LogP contribution in [0.15, 0.2) is 36.1 Å². The number of hydrogen-bond donors (Lipinski definition) is 1. The molecule has 0 rings (SSSR count). The fraction of sp³-hybridized carbons (Fsp3) is 0.333. The molecule has 2 N–H and O–H groups in total. The summed E-state index contributed by atoms with van der Waals surface area (Å²) in [4.78, 5) is 0. The zero-order chi connectivity index (χ0) is 7.82. The standard InChI is InChI=1S/C9H15N/c1-3-5-7-9(10)8-6-4-2/h3,5-8H,4,10H2,1-2H3/b5-3-,8-6-,9-7+.